The smallest absolute Gasteiger partial charge is 0.410 e. The summed E-state index contributed by atoms with van der Waals surface area (Å²) in [5.74, 6) is -0.524. The first kappa shape index (κ1) is 14.4. The van der Waals surface area contributed by atoms with Gasteiger partial charge in [-0.15, -0.1) is 0 Å². The Bertz CT molecular complexity index is 378. The van der Waals surface area contributed by atoms with Crippen molar-refractivity contribution in [3.63, 3.8) is 0 Å². The van der Waals surface area contributed by atoms with Gasteiger partial charge in [-0.2, -0.15) is 0 Å². The number of carboxylic acid groups (broad SMARTS) is 1. The fourth-order valence-electron chi connectivity index (χ4n) is 2.03. The molecule has 0 radical (unpaired) electrons. The highest BCUT2D eigenvalue weighted by molar-refractivity contribution is 5.91. The normalized spacial score (nSPS) is 26.6. The van der Waals surface area contributed by atoms with Crippen molar-refractivity contribution in [1.29, 1.82) is 0 Å². The van der Waals surface area contributed by atoms with Gasteiger partial charge < -0.3 is 14.7 Å². The average molecular weight is 257 g/mol. The number of hydrogen-bond donors (Lipinski definition) is 1. The Morgan fingerprint density at radius 3 is 2.44 bits per heavy atom. The first-order valence-corrected chi connectivity index (χ1v) is 5.61. The summed E-state index contributed by atoms with van der Waals surface area (Å²) >= 11 is 0. The third-order valence-corrected chi connectivity index (χ3v) is 2.65. The van der Waals surface area contributed by atoms with Crippen LogP contribution in [0, 0.1) is 0 Å². The molecule has 0 bridgehead atoms. The molecule has 1 saturated heterocycles. The van der Waals surface area contributed by atoms with Gasteiger partial charge in [0.15, 0.2) is 0 Å². The summed E-state index contributed by atoms with van der Waals surface area (Å²) in [6.45, 7) is 4.89. The third kappa shape index (κ3) is 2.79. The Balaban J connectivity index is 2.98. The molecule has 1 aliphatic rings. The van der Waals surface area contributed by atoms with Crippen LogP contribution in [0.25, 0.3) is 0 Å². The largest absolute Gasteiger partial charge is 0.465 e. The molecule has 0 aromatic rings. The van der Waals surface area contributed by atoms with E-state index in [2.05, 4.69) is 4.99 Å². The van der Waals surface area contributed by atoms with Gasteiger partial charge in [0.25, 0.3) is 5.91 Å². The van der Waals surface area contributed by atoms with E-state index in [1.54, 1.807) is 39.8 Å². The van der Waals surface area contributed by atoms with E-state index in [-0.39, 0.29) is 0 Å². The van der Waals surface area contributed by atoms with Gasteiger partial charge in [0.2, 0.25) is 0 Å². The predicted molar refractivity (Wildman–Crippen MR) is 65.5 cm³/mol. The Morgan fingerprint density at radius 1 is 1.44 bits per heavy atom. The lowest BCUT2D eigenvalue weighted by Gasteiger charge is -2.29. The topological polar surface area (TPSA) is 82.4 Å². The molecule has 7 nitrogen and oxygen atoms in total. The standard InChI is InChI=1S/C11H19N3O4/c1-7-8(9(15)12-6-13(4)5)14(10(16)17)11(2,3)18-7/h6-8H,1-5H3,(H,16,17). The zero-order valence-electron chi connectivity index (χ0n) is 11.2. The van der Waals surface area contributed by atoms with Crippen LogP contribution in [0.2, 0.25) is 0 Å². The summed E-state index contributed by atoms with van der Waals surface area (Å²) in [7, 11) is 3.45. The fraction of sp³-hybridized carbons (Fsp3) is 0.727. The second-order valence-electron chi connectivity index (χ2n) is 4.91. The van der Waals surface area contributed by atoms with E-state index >= 15 is 0 Å². The van der Waals surface area contributed by atoms with Crippen LogP contribution >= 0.6 is 0 Å². The zero-order valence-corrected chi connectivity index (χ0v) is 11.2. The minimum atomic E-state index is -1.19. The van der Waals surface area contributed by atoms with Crippen molar-refractivity contribution >= 4 is 18.3 Å². The Hall–Kier alpha value is -1.63. The van der Waals surface area contributed by atoms with Crippen molar-refractivity contribution in [3.8, 4) is 0 Å². The molecular weight excluding hydrogens is 238 g/mol. The number of hydrogen-bond acceptors (Lipinski definition) is 3. The van der Waals surface area contributed by atoms with E-state index < -0.39 is 29.9 Å². The summed E-state index contributed by atoms with van der Waals surface area (Å²) in [5, 5.41) is 9.19. The first-order chi connectivity index (χ1) is 8.16. The Kier molecular flexibility index (Phi) is 3.95. The van der Waals surface area contributed by atoms with Crippen molar-refractivity contribution < 1.29 is 19.4 Å². The van der Waals surface area contributed by atoms with Gasteiger partial charge >= 0.3 is 6.09 Å². The minimum absolute atomic E-state index is 0.524. The van der Waals surface area contributed by atoms with Gasteiger partial charge in [-0.25, -0.2) is 9.79 Å². The summed E-state index contributed by atoms with van der Waals surface area (Å²) in [4.78, 5) is 29.5. The van der Waals surface area contributed by atoms with Crippen LogP contribution < -0.4 is 0 Å². The molecule has 102 valence electrons. The summed E-state index contributed by atoms with van der Waals surface area (Å²) in [5.41, 5.74) is -1.03. The van der Waals surface area contributed by atoms with Gasteiger partial charge in [0, 0.05) is 14.1 Å². The van der Waals surface area contributed by atoms with Crippen molar-refractivity contribution in [2.24, 2.45) is 4.99 Å². The molecule has 1 aliphatic heterocycles. The van der Waals surface area contributed by atoms with E-state index in [1.165, 1.54) is 6.34 Å². The summed E-state index contributed by atoms with van der Waals surface area (Å²) in [6, 6.07) is -0.909. The molecule has 1 N–H and O–H groups in total. The van der Waals surface area contributed by atoms with E-state index in [0.717, 1.165) is 4.90 Å². The number of ether oxygens (including phenoxy) is 1. The molecule has 0 spiro atoms. The summed E-state index contributed by atoms with van der Waals surface area (Å²) in [6.07, 6.45) is -0.369. The van der Waals surface area contributed by atoms with Gasteiger partial charge in [0.1, 0.15) is 11.8 Å². The molecule has 0 aromatic carbocycles. The number of carbonyl (C=O) groups excluding carboxylic acids is 1. The van der Waals surface area contributed by atoms with Crippen molar-refractivity contribution in [3.05, 3.63) is 0 Å². The average Bonchev–Trinajstić information content (AvgIpc) is 2.44. The second-order valence-corrected chi connectivity index (χ2v) is 4.91. The molecule has 0 aliphatic carbocycles. The predicted octanol–water partition coefficient (Wildman–Crippen LogP) is 0.606. The second kappa shape index (κ2) is 4.93. The van der Waals surface area contributed by atoms with Crippen LogP contribution in [0.4, 0.5) is 4.79 Å². The van der Waals surface area contributed by atoms with Gasteiger partial charge in [-0.05, 0) is 20.8 Å². The molecule has 1 fully saturated rings. The molecule has 1 heterocycles. The van der Waals surface area contributed by atoms with Crippen LogP contribution in [0.15, 0.2) is 4.99 Å². The molecule has 7 heteroatoms. The molecule has 2 unspecified atom stereocenters. The highest BCUT2D eigenvalue weighted by Crippen LogP contribution is 2.32. The van der Waals surface area contributed by atoms with Crippen LogP contribution in [0.3, 0.4) is 0 Å². The van der Waals surface area contributed by atoms with Crippen molar-refractivity contribution in [2.45, 2.75) is 38.6 Å². The lowest BCUT2D eigenvalue weighted by atomic mass is 10.1. The minimum Gasteiger partial charge on any atom is -0.465 e. The SMILES string of the molecule is CC1OC(C)(C)N(C(=O)O)C1C(=O)N=CN(C)C. The maximum absolute atomic E-state index is 12.0. The van der Waals surface area contributed by atoms with Crippen molar-refractivity contribution in [1.82, 2.24) is 9.80 Å². The molecular formula is C11H19N3O4. The lowest BCUT2D eigenvalue weighted by molar-refractivity contribution is -0.122. The number of aliphatic imine (C=N–C) groups is 1. The van der Waals surface area contributed by atoms with Gasteiger partial charge in [-0.3, -0.25) is 9.69 Å². The number of rotatable bonds is 2. The Labute approximate surface area is 106 Å². The molecule has 1 rings (SSSR count). The van der Waals surface area contributed by atoms with Crippen molar-refractivity contribution in [2.75, 3.05) is 14.1 Å². The lowest BCUT2D eigenvalue weighted by Crippen LogP contribution is -2.50. The van der Waals surface area contributed by atoms with Crippen LogP contribution in [-0.4, -0.2) is 65.2 Å². The Morgan fingerprint density at radius 2 is 2.00 bits per heavy atom. The molecule has 2 atom stereocenters. The van der Waals surface area contributed by atoms with Crippen LogP contribution in [-0.2, 0) is 9.53 Å². The highest BCUT2D eigenvalue weighted by Gasteiger charge is 2.51. The van der Waals surface area contributed by atoms with E-state index in [0.29, 0.717) is 0 Å². The zero-order chi connectivity index (χ0) is 14.1. The fourth-order valence-corrected chi connectivity index (χ4v) is 2.03. The van der Waals surface area contributed by atoms with E-state index in [4.69, 9.17) is 4.74 Å². The highest BCUT2D eigenvalue weighted by atomic mass is 16.6. The molecule has 18 heavy (non-hydrogen) atoms. The molecule has 0 aromatic heterocycles. The number of amides is 2. The number of nitrogens with zero attached hydrogens (tertiary/aromatic N) is 3. The van der Waals surface area contributed by atoms with Gasteiger partial charge in [-0.1, -0.05) is 0 Å². The maximum Gasteiger partial charge on any atom is 0.410 e. The third-order valence-electron chi connectivity index (χ3n) is 2.65. The molecule has 0 saturated carbocycles. The first-order valence-electron chi connectivity index (χ1n) is 5.61. The number of carbonyl (C=O) groups is 2. The monoisotopic (exact) mass is 257 g/mol. The van der Waals surface area contributed by atoms with Gasteiger partial charge in [0.05, 0.1) is 12.4 Å². The van der Waals surface area contributed by atoms with E-state index in [9.17, 15) is 14.7 Å². The molecule has 2 amide bonds. The van der Waals surface area contributed by atoms with E-state index in [1.807, 2.05) is 0 Å². The quantitative estimate of drug-likeness (QED) is 0.579. The van der Waals surface area contributed by atoms with Crippen LogP contribution in [0.1, 0.15) is 20.8 Å². The van der Waals surface area contributed by atoms with Crippen LogP contribution in [0.5, 0.6) is 0 Å². The maximum atomic E-state index is 12.0. The summed E-state index contributed by atoms with van der Waals surface area (Å²) < 4.78 is 5.50.